The number of nitriles is 2. The second-order valence-electron chi connectivity index (χ2n) is 6.78. The van der Waals surface area contributed by atoms with Crippen molar-refractivity contribution in [1.82, 2.24) is 8.61 Å². The first-order valence-corrected chi connectivity index (χ1v) is 11.7. The summed E-state index contributed by atoms with van der Waals surface area (Å²) in [5, 5.41) is 19.2. The Morgan fingerprint density at radius 2 is 1.41 bits per heavy atom. The molecule has 7 nitrogen and oxygen atoms in total. The second-order valence-corrected chi connectivity index (χ2v) is 9.18. The average Bonchev–Trinajstić information content (AvgIpc) is 3.13. The van der Waals surface area contributed by atoms with E-state index < -0.39 is 17.8 Å². The molecule has 0 saturated carbocycles. The number of carbonyl (C=O) groups is 3. The van der Waals surface area contributed by atoms with Crippen LogP contribution in [0.5, 0.6) is 0 Å². The lowest BCUT2D eigenvalue weighted by Gasteiger charge is -2.32. The van der Waals surface area contributed by atoms with Gasteiger partial charge in [-0.1, -0.05) is 38.1 Å². The van der Waals surface area contributed by atoms with E-state index in [-0.39, 0.29) is 16.7 Å². The van der Waals surface area contributed by atoms with Gasteiger partial charge in [-0.15, -0.1) is 0 Å². The fourth-order valence-corrected chi connectivity index (χ4v) is 5.24. The highest BCUT2D eigenvalue weighted by molar-refractivity contribution is 7.99. The minimum absolute atomic E-state index is 0.142. The van der Waals surface area contributed by atoms with Gasteiger partial charge in [-0.2, -0.15) is 19.1 Å². The number of barbiturate groups is 1. The van der Waals surface area contributed by atoms with Crippen molar-refractivity contribution in [2.75, 3.05) is 11.5 Å². The molecule has 1 aliphatic carbocycles. The van der Waals surface area contributed by atoms with Crippen LogP contribution in [0.25, 0.3) is 16.7 Å². The van der Waals surface area contributed by atoms with Gasteiger partial charge in [-0.25, -0.2) is 4.79 Å². The largest absolute Gasteiger partial charge is 0.354 e. The van der Waals surface area contributed by atoms with Gasteiger partial charge in [0.25, 0.3) is 11.8 Å². The predicted octanol–water partition coefficient (Wildman–Crippen LogP) is 4.34. The van der Waals surface area contributed by atoms with Gasteiger partial charge < -0.3 is 0 Å². The highest BCUT2D eigenvalue weighted by atomic mass is 32.2. The van der Waals surface area contributed by atoms with E-state index in [9.17, 15) is 24.9 Å². The zero-order chi connectivity index (χ0) is 23.0. The molecule has 0 atom stereocenters. The van der Waals surface area contributed by atoms with Gasteiger partial charge in [0.15, 0.2) is 0 Å². The number of fused-ring (bicyclic) bond motifs is 3. The van der Waals surface area contributed by atoms with Crippen molar-refractivity contribution in [1.29, 1.82) is 10.5 Å². The van der Waals surface area contributed by atoms with E-state index in [2.05, 4.69) is 6.07 Å². The minimum Gasteiger partial charge on any atom is -0.267 e. The van der Waals surface area contributed by atoms with Crippen molar-refractivity contribution in [3.8, 4) is 23.3 Å². The van der Waals surface area contributed by atoms with E-state index in [4.69, 9.17) is 0 Å². The van der Waals surface area contributed by atoms with Crippen LogP contribution in [0, 0.1) is 22.7 Å². The molecule has 32 heavy (non-hydrogen) atoms. The number of urea groups is 1. The summed E-state index contributed by atoms with van der Waals surface area (Å²) in [6.45, 7) is 3.62. The molecular weight excluding hydrogens is 444 g/mol. The van der Waals surface area contributed by atoms with Crippen LogP contribution in [-0.4, -0.2) is 38.0 Å². The molecule has 4 amide bonds. The Morgan fingerprint density at radius 3 is 1.94 bits per heavy atom. The Bertz CT molecular complexity index is 1270. The molecule has 1 aliphatic heterocycles. The van der Waals surface area contributed by atoms with Crippen molar-refractivity contribution in [3.63, 3.8) is 0 Å². The summed E-state index contributed by atoms with van der Waals surface area (Å²) in [4.78, 5) is 39.7. The highest BCUT2D eigenvalue weighted by Crippen LogP contribution is 2.49. The van der Waals surface area contributed by atoms with Crippen LogP contribution < -0.4 is 0 Å². The predicted molar refractivity (Wildman–Crippen MR) is 123 cm³/mol. The summed E-state index contributed by atoms with van der Waals surface area (Å²) < 4.78 is 2.01. The SMILES string of the molecule is CCSN1C(=O)C(=C2c3ccccc3-c3c(C#N)cc(C#N)cc32)C(=O)N(SCC)C1=O. The van der Waals surface area contributed by atoms with Crippen molar-refractivity contribution >= 4 is 47.3 Å². The molecule has 2 aromatic carbocycles. The number of imide groups is 2. The fourth-order valence-electron chi connectivity index (χ4n) is 3.87. The lowest BCUT2D eigenvalue weighted by molar-refractivity contribution is -0.129. The lowest BCUT2D eigenvalue weighted by atomic mass is 9.93. The van der Waals surface area contributed by atoms with Crippen molar-refractivity contribution in [2.45, 2.75) is 13.8 Å². The topological polar surface area (TPSA) is 105 Å². The van der Waals surface area contributed by atoms with E-state index in [0.29, 0.717) is 39.3 Å². The molecule has 0 aromatic heterocycles. The maximum atomic E-state index is 13.4. The first kappa shape index (κ1) is 21.7. The number of carbonyl (C=O) groups excluding carboxylic acids is 3. The third-order valence-electron chi connectivity index (χ3n) is 5.03. The van der Waals surface area contributed by atoms with Gasteiger partial charge in [-0.05, 0) is 52.7 Å². The van der Waals surface area contributed by atoms with Gasteiger partial charge in [0.2, 0.25) is 0 Å². The first-order chi connectivity index (χ1) is 15.5. The molecule has 1 saturated heterocycles. The van der Waals surface area contributed by atoms with Gasteiger partial charge in [-0.3, -0.25) is 9.59 Å². The number of benzene rings is 2. The van der Waals surface area contributed by atoms with Crippen LogP contribution in [-0.2, 0) is 9.59 Å². The Morgan fingerprint density at radius 1 is 0.812 bits per heavy atom. The van der Waals surface area contributed by atoms with E-state index in [0.717, 1.165) is 32.5 Å². The van der Waals surface area contributed by atoms with Crippen LogP contribution in [0.3, 0.4) is 0 Å². The number of rotatable bonds is 4. The highest BCUT2D eigenvalue weighted by Gasteiger charge is 2.46. The molecule has 4 rings (SSSR count). The number of hydrogen-bond acceptors (Lipinski definition) is 7. The van der Waals surface area contributed by atoms with Crippen molar-refractivity contribution in [2.24, 2.45) is 0 Å². The molecular formula is C23H16N4O3S2. The Hall–Kier alpha value is -3.53. The number of hydrogen-bond donors (Lipinski definition) is 0. The summed E-state index contributed by atoms with van der Waals surface area (Å²) in [5.74, 6) is -0.469. The molecule has 2 aromatic rings. The van der Waals surface area contributed by atoms with Crippen LogP contribution in [0.15, 0.2) is 42.0 Å². The summed E-state index contributed by atoms with van der Waals surface area (Å²) in [6.07, 6.45) is 0. The van der Waals surface area contributed by atoms with Crippen LogP contribution in [0.4, 0.5) is 4.79 Å². The third kappa shape index (κ3) is 3.18. The Balaban J connectivity index is 2.09. The van der Waals surface area contributed by atoms with E-state index in [1.165, 1.54) is 6.07 Å². The molecule has 0 spiro atoms. The molecule has 1 fully saturated rings. The van der Waals surface area contributed by atoms with Crippen LogP contribution in [0.2, 0.25) is 0 Å². The minimum atomic E-state index is -0.696. The third-order valence-corrected chi connectivity index (χ3v) is 6.71. The molecule has 1 heterocycles. The molecule has 158 valence electrons. The monoisotopic (exact) mass is 460 g/mol. The zero-order valence-electron chi connectivity index (χ0n) is 17.2. The second kappa shape index (κ2) is 8.54. The maximum absolute atomic E-state index is 13.4. The molecule has 9 heteroatoms. The summed E-state index contributed by atoms with van der Waals surface area (Å²) >= 11 is 2.06. The van der Waals surface area contributed by atoms with Gasteiger partial charge >= 0.3 is 6.03 Å². The van der Waals surface area contributed by atoms with E-state index in [1.54, 1.807) is 18.2 Å². The summed E-state index contributed by atoms with van der Waals surface area (Å²) in [5.41, 5.74) is 3.09. The Kier molecular flexibility index (Phi) is 5.79. The van der Waals surface area contributed by atoms with Crippen LogP contribution >= 0.6 is 23.9 Å². The average molecular weight is 461 g/mol. The molecule has 0 radical (unpaired) electrons. The van der Waals surface area contributed by atoms with Gasteiger partial charge in [0, 0.05) is 22.6 Å². The molecule has 0 bridgehead atoms. The van der Waals surface area contributed by atoms with E-state index >= 15 is 0 Å². The fraction of sp³-hybridized carbons (Fsp3) is 0.174. The number of nitrogens with zero attached hydrogens (tertiary/aromatic N) is 4. The zero-order valence-corrected chi connectivity index (χ0v) is 18.8. The van der Waals surface area contributed by atoms with Gasteiger partial charge in [0.1, 0.15) is 5.57 Å². The molecule has 2 aliphatic rings. The first-order valence-electron chi connectivity index (χ1n) is 9.79. The Labute approximate surface area is 193 Å². The summed E-state index contributed by atoms with van der Waals surface area (Å²) in [7, 11) is 0. The molecule has 0 N–H and O–H groups in total. The lowest BCUT2D eigenvalue weighted by Crippen LogP contribution is -2.51. The number of amides is 4. The van der Waals surface area contributed by atoms with Crippen LogP contribution in [0.1, 0.15) is 36.1 Å². The smallest absolute Gasteiger partial charge is 0.267 e. The maximum Gasteiger partial charge on any atom is 0.354 e. The van der Waals surface area contributed by atoms with Crippen molar-refractivity contribution < 1.29 is 14.4 Å². The molecule has 0 unspecified atom stereocenters. The van der Waals surface area contributed by atoms with Gasteiger partial charge in [0.05, 0.1) is 23.3 Å². The summed E-state index contributed by atoms with van der Waals surface area (Å²) in [6, 6.07) is 13.7. The van der Waals surface area contributed by atoms with E-state index in [1.807, 2.05) is 32.0 Å². The normalized spacial score (nSPS) is 14.9. The van der Waals surface area contributed by atoms with Crippen molar-refractivity contribution in [3.05, 3.63) is 64.2 Å². The quantitative estimate of drug-likeness (QED) is 0.324. The standard InChI is InChI=1S/C23H16N4O3S2/c1-3-31-26-21(28)20(22(29)27(23(26)30)32-4-2)19-16-8-6-5-7-15(16)18-14(12-25)9-13(11-24)10-17(18)19/h5-10H,3-4H2,1-2H3.